The van der Waals surface area contributed by atoms with Gasteiger partial charge in [-0.2, -0.15) is 0 Å². The van der Waals surface area contributed by atoms with Crippen LogP contribution in [0.25, 0.3) is 5.57 Å². The van der Waals surface area contributed by atoms with Crippen LogP contribution < -0.4 is 0 Å². The van der Waals surface area contributed by atoms with E-state index in [1.807, 2.05) is 31.2 Å². The predicted molar refractivity (Wildman–Crippen MR) is 123 cm³/mol. The molecule has 1 heterocycles. The quantitative estimate of drug-likeness (QED) is 0.598. The number of hydrogen-bond acceptors (Lipinski definition) is 3. The summed E-state index contributed by atoms with van der Waals surface area (Å²) in [5.41, 5.74) is 2.77. The summed E-state index contributed by atoms with van der Waals surface area (Å²) in [5, 5.41) is 0. The highest BCUT2D eigenvalue weighted by Gasteiger charge is 2.32. The molecule has 0 spiro atoms. The minimum absolute atomic E-state index is 0.168. The number of rotatable bonds is 6. The van der Waals surface area contributed by atoms with Gasteiger partial charge in [0.25, 0.3) is 5.91 Å². The van der Waals surface area contributed by atoms with E-state index in [4.69, 9.17) is 0 Å². The zero-order valence-electron chi connectivity index (χ0n) is 17.8. The number of allylic oxidation sites excluding steroid dienone is 8. The molecule has 1 aliphatic heterocycles. The Morgan fingerprint density at radius 1 is 1.10 bits per heavy atom. The number of benzene rings is 1. The SMILES string of the molecule is C\C=C/C=C\C=C\C1=C(c2ccc(S(C)(=O)=O)cc2)CN(C2=CC(C)C(F)C=C2)C1=O. The summed E-state index contributed by atoms with van der Waals surface area (Å²) >= 11 is 0. The Labute approximate surface area is 183 Å². The van der Waals surface area contributed by atoms with E-state index in [0.717, 1.165) is 17.4 Å². The van der Waals surface area contributed by atoms with Crippen molar-refractivity contribution in [2.75, 3.05) is 12.8 Å². The van der Waals surface area contributed by atoms with Gasteiger partial charge in [0.2, 0.25) is 0 Å². The normalized spacial score (nSPS) is 22.5. The van der Waals surface area contributed by atoms with Crippen LogP contribution in [0.15, 0.2) is 95.1 Å². The van der Waals surface area contributed by atoms with Crippen molar-refractivity contribution in [3.63, 3.8) is 0 Å². The first kappa shape index (κ1) is 22.7. The van der Waals surface area contributed by atoms with E-state index in [1.165, 1.54) is 6.08 Å². The zero-order chi connectivity index (χ0) is 22.6. The van der Waals surface area contributed by atoms with Gasteiger partial charge in [0.15, 0.2) is 9.84 Å². The number of nitrogens with zero attached hydrogens (tertiary/aromatic N) is 1. The van der Waals surface area contributed by atoms with Gasteiger partial charge in [0, 0.05) is 23.4 Å². The van der Waals surface area contributed by atoms with Crippen molar-refractivity contribution in [3.8, 4) is 0 Å². The van der Waals surface area contributed by atoms with E-state index < -0.39 is 16.0 Å². The summed E-state index contributed by atoms with van der Waals surface area (Å²) < 4.78 is 37.4. The van der Waals surface area contributed by atoms with Crippen LogP contribution in [0, 0.1) is 5.92 Å². The van der Waals surface area contributed by atoms with Gasteiger partial charge < -0.3 is 4.90 Å². The molecule has 0 aromatic heterocycles. The van der Waals surface area contributed by atoms with E-state index in [2.05, 4.69) is 0 Å². The molecule has 1 aromatic carbocycles. The van der Waals surface area contributed by atoms with Crippen LogP contribution in [-0.4, -0.2) is 38.2 Å². The van der Waals surface area contributed by atoms with Crippen molar-refractivity contribution in [2.24, 2.45) is 5.92 Å². The summed E-state index contributed by atoms with van der Waals surface area (Å²) in [4.78, 5) is 15.1. The molecule has 1 aliphatic carbocycles. The standard InChI is InChI=1S/C25H26FNO3S/c1-4-5-6-7-8-9-22-23(19-10-13-21(14-11-19)31(3,29)30)17-27(25(22)28)20-12-15-24(26)18(2)16-20/h4-16,18,24H,17H2,1-3H3/b5-4-,7-6-,9-8+. The number of hydrogen-bond donors (Lipinski definition) is 0. The molecular formula is C25H26FNO3S. The number of sulfone groups is 1. The van der Waals surface area contributed by atoms with E-state index >= 15 is 0 Å². The molecule has 2 unspecified atom stereocenters. The summed E-state index contributed by atoms with van der Waals surface area (Å²) in [6, 6.07) is 6.54. The van der Waals surface area contributed by atoms with E-state index in [-0.39, 0.29) is 16.7 Å². The van der Waals surface area contributed by atoms with Crippen molar-refractivity contribution in [3.05, 3.63) is 95.8 Å². The lowest BCUT2D eigenvalue weighted by Crippen LogP contribution is -2.28. The van der Waals surface area contributed by atoms with Crippen LogP contribution in [-0.2, 0) is 14.6 Å². The smallest absolute Gasteiger partial charge is 0.258 e. The third-order valence-electron chi connectivity index (χ3n) is 5.23. The molecule has 0 radical (unpaired) electrons. The van der Waals surface area contributed by atoms with E-state index in [1.54, 1.807) is 60.4 Å². The third-order valence-corrected chi connectivity index (χ3v) is 6.36. The Kier molecular flexibility index (Phi) is 6.91. The van der Waals surface area contributed by atoms with Gasteiger partial charge in [-0.05, 0) is 48.4 Å². The number of halogens is 1. The fraction of sp³-hybridized carbons (Fsp3) is 0.240. The van der Waals surface area contributed by atoms with Crippen molar-refractivity contribution in [1.82, 2.24) is 4.90 Å². The maximum Gasteiger partial charge on any atom is 0.258 e. The molecule has 3 rings (SSSR count). The molecule has 0 N–H and O–H groups in total. The second-order valence-corrected chi connectivity index (χ2v) is 9.62. The monoisotopic (exact) mass is 439 g/mol. The van der Waals surface area contributed by atoms with Crippen LogP contribution in [0.4, 0.5) is 4.39 Å². The van der Waals surface area contributed by atoms with Crippen LogP contribution in [0.5, 0.6) is 0 Å². The summed E-state index contributed by atoms with van der Waals surface area (Å²) in [6.45, 7) is 4.02. The molecule has 0 saturated heterocycles. The van der Waals surface area contributed by atoms with Crippen LogP contribution in [0.1, 0.15) is 19.4 Å². The van der Waals surface area contributed by atoms with Gasteiger partial charge >= 0.3 is 0 Å². The van der Waals surface area contributed by atoms with Crippen LogP contribution in [0.3, 0.4) is 0 Å². The van der Waals surface area contributed by atoms with Crippen molar-refractivity contribution >= 4 is 21.3 Å². The number of carbonyl (C=O) groups excluding carboxylic acids is 1. The minimum Gasteiger partial charge on any atom is -0.304 e. The highest BCUT2D eigenvalue weighted by molar-refractivity contribution is 7.90. The third kappa shape index (κ3) is 5.20. The Bertz CT molecular complexity index is 1140. The van der Waals surface area contributed by atoms with Crippen molar-refractivity contribution in [1.29, 1.82) is 0 Å². The lowest BCUT2D eigenvalue weighted by Gasteiger charge is -2.24. The Hall–Kier alpha value is -2.99. The summed E-state index contributed by atoms with van der Waals surface area (Å²) in [7, 11) is -3.31. The van der Waals surface area contributed by atoms with E-state index in [9.17, 15) is 17.6 Å². The molecule has 31 heavy (non-hydrogen) atoms. The number of carbonyl (C=O) groups is 1. The fourth-order valence-corrected chi connectivity index (χ4v) is 4.10. The molecule has 0 fully saturated rings. The molecule has 2 aliphatic rings. The molecule has 0 bridgehead atoms. The maximum atomic E-state index is 13.8. The zero-order valence-corrected chi connectivity index (χ0v) is 18.6. The average Bonchev–Trinajstić information content (AvgIpc) is 3.06. The maximum absolute atomic E-state index is 13.8. The van der Waals surface area contributed by atoms with Gasteiger partial charge in [-0.1, -0.05) is 55.5 Å². The predicted octanol–water partition coefficient (Wildman–Crippen LogP) is 4.80. The molecule has 1 aromatic rings. The van der Waals surface area contributed by atoms with Crippen LogP contribution in [0.2, 0.25) is 0 Å². The second-order valence-electron chi connectivity index (χ2n) is 7.60. The van der Waals surface area contributed by atoms with Gasteiger partial charge in [0.05, 0.1) is 11.4 Å². The lowest BCUT2D eigenvalue weighted by molar-refractivity contribution is -0.123. The van der Waals surface area contributed by atoms with Gasteiger partial charge in [-0.25, -0.2) is 12.8 Å². The summed E-state index contributed by atoms with van der Waals surface area (Å²) in [5.74, 6) is -0.480. The summed E-state index contributed by atoms with van der Waals surface area (Å²) in [6.07, 6.45) is 16.0. The Morgan fingerprint density at radius 2 is 1.77 bits per heavy atom. The average molecular weight is 440 g/mol. The molecular weight excluding hydrogens is 413 g/mol. The Morgan fingerprint density at radius 3 is 2.39 bits per heavy atom. The topological polar surface area (TPSA) is 54.5 Å². The van der Waals surface area contributed by atoms with Crippen molar-refractivity contribution in [2.45, 2.75) is 24.9 Å². The van der Waals surface area contributed by atoms with E-state index in [0.29, 0.717) is 17.8 Å². The first-order valence-corrected chi connectivity index (χ1v) is 12.0. The molecule has 1 amide bonds. The van der Waals surface area contributed by atoms with Gasteiger partial charge in [-0.15, -0.1) is 0 Å². The largest absolute Gasteiger partial charge is 0.304 e. The number of alkyl halides is 1. The molecule has 6 heteroatoms. The molecule has 0 saturated carbocycles. The molecule has 4 nitrogen and oxygen atoms in total. The minimum atomic E-state index is -3.31. The van der Waals surface area contributed by atoms with Gasteiger partial charge in [-0.3, -0.25) is 4.79 Å². The van der Waals surface area contributed by atoms with Crippen LogP contribution >= 0.6 is 0 Å². The Balaban J connectivity index is 1.99. The van der Waals surface area contributed by atoms with Crippen molar-refractivity contribution < 1.29 is 17.6 Å². The fourth-order valence-electron chi connectivity index (χ4n) is 3.47. The molecule has 162 valence electrons. The second kappa shape index (κ2) is 9.43. The molecule has 2 atom stereocenters. The lowest BCUT2D eigenvalue weighted by atomic mass is 9.99. The highest BCUT2D eigenvalue weighted by atomic mass is 32.2. The highest BCUT2D eigenvalue weighted by Crippen LogP contribution is 2.34. The van der Waals surface area contributed by atoms with Gasteiger partial charge in [0.1, 0.15) is 6.17 Å². The first-order chi connectivity index (χ1) is 14.7. The first-order valence-electron chi connectivity index (χ1n) is 10.1. The number of amides is 1.